The molecule has 0 aromatic carbocycles. The van der Waals surface area contributed by atoms with Crippen LogP contribution in [0, 0.1) is 5.41 Å². The summed E-state index contributed by atoms with van der Waals surface area (Å²) in [5.41, 5.74) is 0.850. The Hall–Kier alpha value is -1.52. The van der Waals surface area contributed by atoms with Gasteiger partial charge in [-0.3, -0.25) is 4.79 Å². The topological polar surface area (TPSA) is 52.7 Å². The molecular weight excluding hydrogens is 230 g/mol. The average Bonchev–Trinajstić information content (AvgIpc) is 2.34. The lowest BCUT2D eigenvalue weighted by atomic mass is 9.72. The van der Waals surface area contributed by atoms with Crippen molar-refractivity contribution in [1.82, 2.24) is 15.1 Å². The van der Waals surface area contributed by atoms with Crippen molar-refractivity contribution in [2.75, 3.05) is 33.2 Å². The molecule has 0 saturated carbocycles. The predicted octanol–water partition coefficient (Wildman–Crippen LogP) is 0.826. The van der Waals surface area contributed by atoms with Gasteiger partial charge in [-0.15, -0.1) is 0 Å². The minimum atomic E-state index is -0.000887. The van der Waals surface area contributed by atoms with E-state index in [9.17, 15) is 9.59 Å². The van der Waals surface area contributed by atoms with Gasteiger partial charge in [-0.1, -0.05) is 6.58 Å². The van der Waals surface area contributed by atoms with Crippen LogP contribution in [0.3, 0.4) is 0 Å². The number of rotatable bonds is 1. The molecule has 0 aromatic heterocycles. The minimum Gasteiger partial charge on any atom is -0.341 e. The molecule has 3 amide bonds. The van der Waals surface area contributed by atoms with Gasteiger partial charge in [0, 0.05) is 44.2 Å². The quantitative estimate of drug-likeness (QED) is 0.702. The van der Waals surface area contributed by atoms with Crippen LogP contribution in [0.4, 0.5) is 4.79 Å². The lowest BCUT2D eigenvalue weighted by molar-refractivity contribution is -0.141. The summed E-state index contributed by atoms with van der Waals surface area (Å²) in [4.78, 5) is 26.9. The summed E-state index contributed by atoms with van der Waals surface area (Å²) in [7, 11) is 1.66. The van der Waals surface area contributed by atoms with Gasteiger partial charge in [-0.05, 0) is 19.8 Å². The molecule has 0 unspecified atom stereocenters. The lowest BCUT2D eigenvalue weighted by Gasteiger charge is -2.53. The molecule has 2 fully saturated rings. The molecule has 2 rings (SSSR count). The molecule has 5 heteroatoms. The van der Waals surface area contributed by atoms with Gasteiger partial charge in [-0.25, -0.2) is 4.79 Å². The summed E-state index contributed by atoms with van der Waals surface area (Å²) < 4.78 is 0. The molecule has 0 atom stereocenters. The van der Waals surface area contributed by atoms with E-state index in [0.29, 0.717) is 5.57 Å². The van der Waals surface area contributed by atoms with Crippen molar-refractivity contribution in [3.05, 3.63) is 12.2 Å². The number of hydrogen-bond donors (Lipinski definition) is 1. The largest absolute Gasteiger partial charge is 0.341 e. The van der Waals surface area contributed by atoms with Crippen LogP contribution >= 0.6 is 0 Å². The zero-order chi connectivity index (χ0) is 13.3. The Bertz CT molecular complexity index is 376. The Kier molecular flexibility index (Phi) is 3.32. The molecule has 0 aliphatic carbocycles. The van der Waals surface area contributed by atoms with Crippen molar-refractivity contribution >= 4 is 11.9 Å². The van der Waals surface area contributed by atoms with E-state index < -0.39 is 0 Å². The van der Waals surface area contributed by atoms with E-state index in [-0.39, 0.29) is 17.4 Å². The third-order valence-electron chi connectivity index (χ3n) is 4.03. The number of carbonyl (C=O) groups excluding carboxylic acids is 2. The van der Waals surface area contributed by atoms with Crippen LogP contribution in [0.2, 0.25) is 0 Å². The summed E-state index contributed by atoms with van der Waals surface area (Å²) in [6.07, 6.45) is 1.97. The highest BCUT2D eigenvalue weighted by atomic mass is 16.2. The summed E-state index contributed by atoms with van der Waals surface area (Å²) in [5, 5.41) is 2.65. The van der Waals surface area contributed by atoms with Gasteiger partial charge in [0.05, 0.1) is 0 Å². The number of amides is 3. The van der Waals surface area contributed by atoms with Crippen molar-refractivity contribution in [2.24, 2.45) is 5.41 Å². The van der Waals surface area contributed by atoms with Crippen molar-refractivity contribution < 1.29 is 9.59 Å². The monoisotopic (exact) mass is 251 g/mol. The average molecular weight is 251 g/mol. The standard InChI is InChI=1S/C13H21N3O2/c1-10(2)11(17)16-8-13(9-16)4-6-15(7-5-13)12(18)14-3/h1,4-9H2,2-3H3,(H,14,18). The maximum Gasteiger partial charge on any atom is 0.317 e. The Morgan fingerprint density at radius 2 is 1.72 bits per heavy atom. The molecular formula is C13H21N3O2. The van der Waals surface area contributed by atoms with E-state index in [0.717, 1.165) is 39.0 Å². The van der Waals surface area contributed by atoms with Gasteiger partial charge in [0.25, 0.3) is 0 Å². The van der Waals surface area contributed by atoms with Crippen LogP contribution in [-0.4, -0.2) is 55.0 Å². The second-order valence-electron chi connectivity index (χ2n) is 5.48. The van der Waals surface area contributed by atoms with E-state index in [4.69, 9.17) is 0 Å². The fraction of sp³-hybridized carbons (Fsp3) is 0.692. The van der Waals surface area contributed by atoms with Crippen LogP contribution in [0.25, 0.3) is 0 Å². The highest BCUT2D eigenvalue weighted by Crippen LogP contribution is 2.40. The normalized spacial score (nSPS) is 21.4. The number of urea groups is 1. The van der Waals surface area contributed by atoms with Crippen molar-refractivity contribution in [3.63, 3.8) is 0 Å². The highest BCUT2D eigenvalue weighted by molar-refractivity contribution is 5.92. The number of piperidine rings is 1. The summed E-state index contributed by atoms with van der Waals surface area (Å²) in [5.74, 6) is 0.0642. The Labute approximate surface area is 108 Å². The first-order valence-electron chi connectivity index (χ1n) is 6.39. The van der Waals surface area contributed by atoms with Crippen molar-refractivity contribution in [1.29, 1.82) is 0 Å². The lowest BCUT2D eigenvalue weighted by Crippen LogP contribution is -2.62. The first-order valence-corrected chi connectivity index (χ1v) is 6.39. The maximum absolute atomic E-state index is 11.7. The van der Waals surface area contributed by atoms with Gasteiger partial charge in [-0.2, -0.15) is 0 Å². The Balaban J connectivity index is 1.84. The number of nitrogens with zero attached hydrogens (tertiary/aromatic N) is 2. The van der Waals surface area contributed by atoms with Crippen LogP contribution in [0.15, 0.2) is 12.2 Å². The van der Waals surface area contributed by atoms with E-state index in [1.165, 1.54) is 0 Å². The SMILES string of the molecule is C=C(C)C(=O)N1CC2(CCN(C(=O)NC)CC2)C1. The number of carbonyl (C=O) groups is 2. The molecule has 1 N–H and O–H groups in total. The van der Waals surface area contributed by atoms with Crippen LogP contribution in [-0.2, 0) is 4.79 Å². The molecule has 0 radical (unpaired) electrons. The Morgan fingerprint density at radius 1 is 1.17 bits per heavy atom. The molecule has 2 aliphatic rings. The minimum absolute atomic E-state index is 0.000887. The second-order valence-corrected chi connectivity index (χ2v) is 5.48. The molecule has 0 bridgehead atoms. The summed E-state index contributed by atoms with van der Waals surface area (Å²) in [6, 6.07) is -0.000887. The summed E-state index contributed by atoms with van der Waals surface area (Å²) in [6.45, 7) is 8.65. The molecule has 5 nitrogen and oxygen atoms in total. The smallest absolute Gasteiger partial charge is 0.317 e. The molecule has 18 heavy (non-hydrogen) atoms. The van der Waals surface area contributed by atoms with E-state index in [1.54, 1.807) is 14.0 Å². The van der Waals surface area contributed by atoms with Crippen LogP contribution < -0.4 is 5.32 Å². The Morgan fingerprint density at radius 3 is 2.17 bits per heavy atom. The summed E-state index contributed by atoms with van der Waals surface area (Å²) >= 11 is 0. The van der Waals surface area contributed by atoms with Gasteiger partial charge >= 0.3 is 6.03 Å². The molecule has 2 heterocycles. The molecule has 1 spiro atoms. The van der Waals surface area contributed by atoms with Crippen LogP contribution in [0.1, 0.15) is 19.8 Å². The second kappa shape index (κ2) is 4.63. The van der Waals surface area contributed by atoms with Gasteiger partial charge in [0.2, 0.25) is 5.91 Å². The zero-order valence-electron chi connectivity index (χ0n) is 11.2. The predicted molar refractivity (Wildman–Crippen MR) is 69.1 cm³/mol. The molecule has 2 aliphatic heterocycles. The molecule has 0 aromatic rings. The van der Waals surface area contributed by atoms with E-state index in [1.807, 2.05) is 9.80 Å². The van der Waals surface area contributed by atoms with Gasteiger partial charge in [0.15, 0.2) is 0 Å². The first-order chi connectivity index (χ1) is 8.47. The number of likely N-dealkylation sites (tertiary alicyclic amines) is 2. The third-order valence-corrected chi connectivity index (χ3v) is 4.03. The number of hydrogen-bond acceptors (Lipinski definition) is 2. The number of nitrogens with one attached hydrogen (secondary N) is 1. The first kappa shape index (κ1) is 12.9. The zero-order valence-corrected chi connectivity index (χ0v) is 11.2. The van der Waals surface area contributed by atoms with Gasteiger partial charge < -0.3 is 15.1 Å². The fourth-order valence-electron chi connectivity index (χ4n) is 2.84. The van der Waals surface area contributed by atoms with E-state index in [2.05, 4.69) is 11.9 Å². The van der Waals surface area contributed by atoms with Crippen LogP contribution in [0.5, 0.6) is 0 Å². The van der Waals surface area contributed by atoms with Crippen molar-refractivity contribution in [3.8, 4) is 0 Å². The third kappa shape index (κ3) is 2.21. The maximum atomic E-state index is 11.7. The fourth-order valence-corrected chi connectivity index (χ4v) is 2.84. The highest BCUT2D eigenvalue weighted by Gasteiger charge is 2.47. The molecule has 100 valence electrons. The molecule has 2 saturated heterocycles. The van der Waals surface area contributed by atoms with E-state index >= 15 is 0 Å². The van der Waals surface area contributed by atoms with Crippen molar-refractivity contribution in [2.45, 2.75) is 19.8 Å². The van der Waals surface area contributed by atoms with Gasteiger partial charge in [0.1, 0.15) is 0 Å².